The van der Waals surface area contributed by atoms with Crippen LogP contribution in [0.2, 0.25) is 5.02 Å². The number of benzene rings is 1. The van der Waals surface area contributed by atoms with Gasteiger partial charge < -0.3 is 10.6 Å². The highest BCUT2D eigenvalue weighted by Crippen LogP contribution is 2.43. The zero-order valence-corrected chi connectivity index (χ0v) is 18.0. The molecular formula is C21H26ClN5S. The second-order valence-electron chi connectivity index (χ2n) is 7.30. The second kappa shape index (κ2) is 8.97. The molecule has 28 heavy (non-hydrogen) atoms. The SMILES string of the molecule is CC(N)=NCC1(C(C)C)N=CN(Cc2ccncc2)C1Sc1cccc(Cl)c1. The molecule has 2 unspecified atom stereocenters. The van der Waals surface area contributed by atoms with Gasteiger partial charge in [0, 0.05) is 28.9 Å². The number of hydrogen-bond donors (Lipinski definition) is 1. The number of aromatic nitrogens is 1. The lowest BCUT2D eigenvalue weighted by atomic mass is 9.87. The summed E-state index contributed by atoms with van der Waals surface area (Å²) < 4.78 is 0. The number of amidine groups is 1. The summed E-state index contributed by atoms with van der Waals surface area (Å²) in [5, 5.41) is 0.804. The molecule has 2 atom stereocenters. The van der Waals surface area contributed by atoms with Gasteiger partial charge in [-0.1, -0.05) is 43.3 Å². The van der Waals surface area contributed by atoms with Crippen molar-refractivity contribution in [3.05, 3.63) is 59.4 Å². The Morgan fingerprint density at radius 2 is 2.07 bits per heavy atom. The van der Waals surface area contributed by atoms with Crippen LogP contribution in [0.15, 0.2) is 63.7 Å². The fourth-order valence-electron chi connectivity index (χ4n) is 3.24. The van der Waals surface area contributed by atoms with Crippen LogP contribution < -0.4 is 5.73 Å². The summed E-state index contributed by atoms with van der Waals surface area (Å²) in [4.78, 5) is 17.1. The van der Waals surface area contributed by atoms with E-state index < -0.39 is 0 Å². The van der Waals surface area contributed by atoms with Crippen molar-refractivity contribution in [2.24, 2.45) is 21.6 Å². The van der Waals surface area contributed by atoms with Crippen LogP contribution in [0.3, 0.4) is 0 Å². The maximum Gasteiger partial charge on any atom is 0.114 e. The third kappa shape index (κ3) is 4.67. The van der Waals surface area contributed by atoms with E-state index in [1.807, 2.05) is 56.0 Å². The summed E-state index contributed by atoms with van der Waals surface area (Å²) in [7, 11) is 0. The van der Waals surface area contributed by atoms with Crippen LogP contribution in [0.5, 0.6) is 0 Å². The van der Waals surface area contributed by atoms with Crippen molar-refractivity contribution in [2.45, 2.75) is 43.1 Å². The maximum absolute atomic E-state index is 6.23. The molecule has 148 valence electrons. The molecule has 7 heteroatoms. The van der Waals surface area contributed by atoms with E-state index in [0.29, 0.717) is 12.4 Å². The van der Waals surface area contributed by atoms with Crippen LogP contribution in [0.25, 0.3) is 0 Å². The van der Waals surface area contributed by atoms with E-state index in [4.69, 9.17) is 22.3 Å². The van der Waals surface area contributed by atoms with Crippen LogP contribution in [0.1, 0.15) is 26.3 Å². The fraction of sp³-hybridized carbons (Fsp3) is 0.381. The average molecular weight is 416 g/mol. The number of hydrogen-bond acceptors (Lipinski definition) is 5. The normalized spacial score (nSPS) is 22.2. The van der Waals surface area contributed by atoms with Crippen LogP contribution in [-0.4, -0.2) is 39.5 Å². The van der Waals surface area contributed by atoms with Gasteiger partial charge >= 0.3 is 0 Å². The lowest BCUT2D eigenvalue weighted by molar-refractivity contribution is 0.249. The molecule has 0 saturated heterocycles. The van der Waals surface area contributed by atoms with Crippen LogP contribution in [0.4, 0.5) is 0 Å². The van der Waals surface area contributed by atoms with E-state index in [9.17, 15) is 0 Å². The number of halogens is 1. The molecular weight excluding hydrogens is 390 g/mol. The molecule has 2 N–H and O–H groups in total. The van der Waals surface area contributed by atoms with Gasteiger partial charge in [0.15, 0.2) is 0 Å². The molecule has 1 aromatic heterocycles. The Morgan fingerprint density at radius 3 is 2.71 bits per heavy atom. The Kier molecular flexibility index (Phi) is 6.62. The first-order valence-electron chi connectivity index (χ1n) is 9.29. The highest BCUT2D eigenvalue weighted by atomic mass is 35.5. The van der Waals surface area contributed by atoms with Crippen LogP contribution in [0, 0.1) is 5.92 Å². The topological polar surface area (TPSA) is 66.9 Å². The zero-order valence-electron chi connectivity index (χ0n) is 16.4. The smallest absolute Gasteiger partial charge is 0.114 e. The van der Waals surface area contributed by atoms with Gasteiger partial charge in [0.25, 0.3) is 0 Å². The summed E-state index contributed by atoms with van der Waals surface area (Å²) in [6.45, 7) is 7.51. The minimum Gasteiger partial charge on any atom is -0.388 e. The summed E-state index contributed by atoms with van der Waals surface area (Å²) in [5.41, 5.74) is 6.68. The Hall–Kier alpha value is -2.05. The fourth-order valence-corrected chi connectivity index (χ4v) is 4.98. The highest BCUT2D eigenvalue weighted by molar-refractivity contribution is 8.00. The predicted molar refractivity (Wildman–Crippen MR) is 119 cm³/mol. The molecule has 0 saturated carbocycles. The van der Waals surface area contributed by atoms with Gasteiger partial charge in [0.05, 0.1) is 18.7 Å². The lowest BCUT2D eigenvalue weighted by Crippen LogP contribution is -2.49. The van der Waals surface area contributed by atoms with Crippen molar-refractivity contribution in [3.8, 4) is 0 Å². The van der Waals surface area contributed by atoms with Crippen molar-refractivity contribution in [1.29, 1.82) is 0 Å². The molecule has 5 nitrogen and oxygen atoms in total. The number of nitrogens with zero attached hydrogens (tertiary/aromatic N) is 4. The molecule has 2 aromatic rings. The zero-order chi connectivity index (χ0) is 20.1. The van der Waals surface area contributed by atoms with E-state index in [-0.39, 0.29) is 16.8 Å². The number of aliphatic imine (C=N–C) groups is 2. The lowest BCUT2D eigenvalue weighted by Gasteiger charge is -2.39. The highest BCUT2D eigenvalue weighted by Gasteiger charge is 2.48. The summed E-state index contributed by atoms with van der Waals surface area (Å²) in [5.74, 6) is 0.861. The molecule has 0 bridgehead atoms. The minimum atomic E-state index is -0.374. The van der Waals surface area contributed by atoms with E-state index in [1.54, 1.807) is 11.8 Å². The predicted octanol–water partition coefficient (Wildman–Crippen LogP) is 4.47. The summed E-state index contributed by atoms with van der Waals surface area (Å²) in [6, 6.07) is 12.0. The molecule has 0 amide bonds. The van der Waals surface area contributed by atoms with Gasteiger partial charge in [-0.15, -0.1) is 0 Å². The van der Waals surface area contributed by atoms with Crippen molar-refractivity contribution in [1.82, 2.24) is 9.88 Å². The maximum atomic E-state index is 6.23. The Bertz CT molecular complexity index is 851. The molecule has 0 spiro atoms. The van der Waals surface area contributed by atoms with Gasteiger partial charge in [-0.25, -0.2) is 0 Å². The number of pyridine rings is 1. The molecule has 0 fully saturated rings. The summed E-state index contributed by atoms with van der Waals surface area (Å²) in [6.07, 6.45) is 5.60. The van der Waals surface area contributed by atoms with Gasteiger partial charge in [0.1, 0.15) is 10.9 Å². The third-order valence-corrected chi connectivity index (χ3v) is 6.58. The second-order valence-corrected chi connectivity index (χ2v) is 8.89. The minimum absolute atomic E-state index is 0.0715. The molecule has 0 aliphatic carbocycles. The largest absolute Gasteiger partial charge is 0.388 e. The quantitative estimate of drug-likeness (QED) is 0.535. The number of rotatable bonds is 7. The Labute approximate surface area is 176 Å². The first-order valence-corrected chi connectivity index (χ1v) is 10.6. The van der Waals surface area contributed by atoms with E-state index in [0.717, 1.165) is 16.5 Å². The first kappa shape index (κ1) is 20.7. The summed E-state index contributed by atoms with van der Waals surface area (Å²) >= 11 is 8.00. The van der Waals surface area contributed by atoms with E-state index >= 15 is 0 Å². The van der Waals surface area contributed by atoms with Crippen molar-refractivity contribution in [3.63, 3.8) is 0 Å². The van der Waals surface area contributed by atoms with Crippen molar-refractivity contribution in [2.75, 3.05) is 6.54 Å². The molecule has 0 radical (unpaired) electrons. The molecule has 1 aliphatic heterocycles. The van der Waals surface area contributed by atoms with E-state index in [2.05, 4.69) is 34.8 Å². The first-order chi connectivity index (χ1) is 13.4. The van der Waals surface area contributed by atoms with Crippen LogP contribution in [-0.2, 0) is 6.54 Å². The Morgan fingerprint density at radius 1 is 1.32 bits per heavy atom. The molecule has 2 heterocycles. The van der Waals surface area contributed by atoms with Crippen molar-refractivity contribution >= 4 is 35.5 Å². The standard InChI is InChI=1S/C21H26ClN5S/c1-15(2)21(13-25-16(3)23)20(28-19-6-4-5-18(22)11-19)27(14-26-21)12-17-7-9-24-10-8-17/h4-11,14-15,20H,12-13H2,1-3H3,(H2,23,25). The number of nitrogens with two attached hydrogens (primary N) is 1. The average Bonchev–Trinajstić information content (AvgIpc) is 2.99. The number of thioether (sulfide) groups is 1. The monoisotopic (exact) mass is 415 g/mol. The van der Waals surface area contributed by atoms with Crippen LogP contribution >= 0.6 is 23.4 Å². The van der Waals surface area contributed by atoms with Gasteiger partial charge in [-0.2, -0.15) is 0 Å². The Balaban J connectivity index is 1.95. The van der Waals surface area contributed by atoms with Gasteiger partial charge in [0.2, 0.25) is 0 Å². The molecule has 1 aromatic carbocycles. The van der Waals surface area contributed by atoms with E-state index in [1.165, 1.54) is 5.56 Å². The molecule has 1 aliphatic rings. The van der Waals surface area contributed by atoms with Gasteiger partial charge in [-0.3, -0.25) is 15.0 Å². The van der Waals surface area contributed by atoms with Crippen molar-refractivity contribution < 1.29 is 0 Å². The molecule has 3 rings (SSSR count). The van der Waals surface area contributed by atoms with Gasteiger partial charge in [-0.05, 0) is 48.7 Å². The third-order valence-electron chi connectivity index (χ3n) is 4.92.